The zero-order valence-electron chi connectivity index (χ0n) is 11.9. The fourth-order valence-corrected chi connectivity index (χ4v) is 1.91. The molecular formula is C15H19N3O2. The number of H-pyrrole nitrogens is 1. The van der Waals surface area contributed by atoms with Gasteiger partial charge in [0.25, 0.3) is 5.91 Å². The van der Waals surface area contributed by atoms with E-state index in [1.54, 1.807) is 6.07 Å². The molecule has 3 N–H and O–H groups in total. The lowest BCUT2D eigenvalue weighted by Gasteiger charge is -2.20. The third kappa shape index (κ3) is 3.60. The molecule has 1 heterocycles. The van der Waals surface area contributed by atoms with Crippen LogP contribution in [0.15, 0.2) is 30.3 Å². The van der Waals surface area contributed by atoms with Crippen LogP contribution >= 0.6 is 0 Å². The standard InChI is InChI=1S/C15H19N3O2/c1-15(2,3)18-13(19)9-16-14(20)12-8-10-6-4-5-7-11(10)17-12/h4-8,17H,9H2,1-3H3,(H,16,20)(H,18,19). The number of hydrogen-bond donors (Lipinski definition) is 3. The highest BCUT2D eigenvalue weighted by molar-refractivity contribution is 5.99. The number of nitrogens with one attached hydrogen (secondary N) is 3. The molecule has 2 amide bonds. The zero-order chi connectivity index (χ0) is 14.8. The number of hydrogen-bond acceptors (Lipinski definition) is 2. The lowest BCUT2D eigenvalue weighted by Crippen LogP contribution is -2.45. The van der Waals surface area contributed by atoms with Crippen LogP contribution in [0.2, 0.25) is 0 Å². The van der Waals surface area contributed by atoms with Gasteiger partial charge in [-0.2, -0.15) is 0 Å². The summed E-state index contributed by atoms with van der Waals surface area (Å²) in [5, 5.41) is 6.36. The Balaban J connectivity index is 1.97. The van der Waals surface area contributed by atoms with Crippen LogP contribution in [0.3, 0.4) is 0 Å². The maximum Gasteiger partial charge on any atom is 0.268 e. The molecule has 0 bridgehead atoms. The molecule has 20 heavy (non-hydrogen) atoms. The molecule has 2 rings (SSSR count). The van der Waals surface area contributed by atoms with Crippen LogP contribution in [-0.4, -0.2) is 28.9 Å². The highest BCUT2D eigenvalue weighted by Crippen LogP contribution is 2.14. The van der Waals surface area contributed by atoms with Crippen LogP contribution < -0.4 is 10.6 Å². The molecule has 0 saturated heterocycles. The SMILES string of the molecule is CC(C)(C)NC(=O)CNC(=O)c1cc2ccccc2[nH]1. The topological polar surface area (TPSA) is 74.0 Å². The van der Waals surface area contributed by atoms with Crippen molar-refractivity contribution >= 4 is 22.7 Å². The number of carbonyl (C=O) groups excluding carboxylic acids is 2. The average Bonchev–Trinajstić information content (AvgIpc) is 2.77. The van der Waals surface area contributed by atoms with Gasteiger partial charge in [0.2, 0.25) is 5.91 Å². The van der Waals surface area contributed by atoms with Crippen molar-refractivity contribution in [3.63, 3.8) is 0 Å². The van der Waals surface area contributed by atoms with Crippen molar-refractivity contribution in [2.24, 2.45) is 0 Å². The maximum absolute atomic E-state index is 12.0. The fourth-order valence-electron chi connectivity index (χ4n) is 1.91. The van der Waals surface area contributed by atoms with Crippen LogP contribution in [0.1, 0.15) is 31.3 Å². The van der Waals surface area contributed by atoms with E-state index in [9.17, 15) is 9.59 Å². The van der Waals surface area contributed by atoms with Gasteiger partial charge in [-0.1, -0.05) is 18.2 Å². The molecule has 0 unspecified atom stereocenters. The normalized spacial score (nSPS) is 11.3. The van der Waals surface area contributed by atoms with Gasteiger partial charge >= 0.3 is 0 Å². The number of fused-ring (bicyclic) bond motifs is 1. The summed E-state index contributed by atoms with van der Waals surface area (Å²) in [6, 6.07) is 9.41. The molecule has 0 aliphatic carbocycles. The van der Waals surface area contributed by atoms with E-state index >= 15 is 0 Å². The molecule has 1 aromatic carbocycles. The first-order valence-corrected chi connectivity index (χ1v) is 6.52. The maximum atomic E-state index is 12.0. The van der Waals surface area contributed by atoms with Gasteiger partial charge < -0.3 is 15.6 Å². The Morgan fingerprint density at radius 3 is 2.55 bits per heavy atom. The first-order valence-electron chi connectivity index (χ1n) is 6.52. The van der Waals surface area contributed by atoms with E-state index in [-0.39, 0.29) is 23.9 Å². The minimum Gasteiger partial charge on any atom is -0.351 e. The van der Waals surface area contributed by atoms with Gasteiger partial charge in [-0.05, 0) is 32.9 Å². The molecule has 5 heteroatoms. The van der Waals surface area contributed by atoms with Crippen LogP contribution in [-0.2, 0) is 4.79 Å². The second-order valence-corrected chi connectivity index (χ2v) is 5.75. The summed E-state index contributed by atoms with van der Waals surface area (Å²) in [7, 11) is 0. The summed E-state index contributed by atoms with van der Waals surface area (Å²) in [5.41, 5.74) is 1.05. The van der Waals surface area contributed by atoms with E-state index in [2.05, 4.69) is 15.6 Å². The Hall–Kier alpha value is -2.30. The number of carbonyl (C=O) groups is 2. The van der Waals surface area contributed by atoms with E-state index < -0.39 is 0 Å². The van der Waals surface area contributed by atoms with Gasteiger partial charge in [0.1, 0.15) is 5.69 Å². The van der Waals surface area contributed by atoms with E-state index in [0.29, 0.717) is 5.69 Å². The Labute approximate surface area is 117 Å². The molecule has 0 spiro atoms. The highest BCUT2D eigenvalue weighted by Gasteiger charge is 2.15. The van der Waals surface area contributed by atoms with Crippen LogP contribution in [0.25, 0.3) is 10.9 Å². The van der Waals surface area contributed by atoms with Crippen molar-refractivity contribution < 1.29 is 9.59 Å². The minimum absolute atomic E-state index is 0.0362. The van der Waals surface area contributed by atoms with Gasteiger partial charge in [-0.25, -0.2) is 0 Å². The Morgan fingerprint density at radius 2 is 1.90 bits per heavy atom. The predicted octanol–water partition coefficient (Wildman–Crippen LogP) is 1.81. The van der Waals surface area contributed by atoms with Crippen molar-refractivity contribution in [2.45, 2.75) is 26.3 Å². The number of aromatic nitrogens is 1. The first-order chi connectivity index (χ1) is 9.35. The summed E-state index contributed by atoms with van der Waals surface area (Å²) in [6.45, 7) is 5.64. The summed E-state index contributed by atoms with van der Waals surface area (Å²) < 4.78 is 0. The van der Waals surface area contributed by atoms with E-state index in [1.165, 1.54) is 0 Å². The lowest BCUT2D eigenvalue weighted by molar-refractivity contribution is -0.121. The third-order valence-corrected chi connectivity index (χ3v) is 2.70. The quantitative estimate of drug-likeness (QED) is 0.798. The number of aromatic amines is 1. The van der Waals surface area contributed by atoms with Crippen LogP contribution in [0, 0.1) is 0 Å². The molecule has 0 saturated carbocycles. The molecule has 0 atom stereocenters. The molecular weight excluding hydrogens is 254 g/mol. The average molecular weight is 273 g/mol. The lowest BCUT2D eigenvalue weighted by atomic mass is 10.1. The Bertz CT molecular complexity index is 605. The van der Waals surface area contributed by atoms with Crippen molar-refractivity contribution in [1.29, 1.82) is 0 Å². The monoisotopic (exact) mass is 273 g/mol. The molecule has 106 valence electrons. The number of benzene rings is 1. The van der Waals surface area contributed by atoms with Crippen molar-refractivity contribution in [2.75, 3.05) is 6.54 Å². The number of para-hydroxylation sites is 1. The van der Waals surface area contributed by atoms with Gasteiger partial charge in [0.15, 0.2) is 0 Å². The molecule has 2 aromatic rings. The first kappa shape index (κ1) is 14.1. The summed E-state index contributed by atoms with van der Waals surface area (Å²) in [4.78, 5) is 26.6. The largest absolute Gasteiger partial charge is 0.351 e. The third-order valence-electron chi connectivity index (χ3n) is 2.70. The number of rotatable bonds is 3. The highest BCUT2D eigenvalue weighted by atomic mass is 16.2. The Kier molecular flexibility index (Phi) is 3.79. The fraction of sp³-hybridized carbons (Fsp3) is 0.333. The van der Waals surface area contributed by atoms with E-state index in [0.717, 1.165) is 10.9 Å². The molecule has 0 aliphatic rings. The van der Waals surface area contributed by atoms with Crippen LogP contribution in [0.5, 0.6) is 0 Å². The van der Waals surface area contributed by atoms with E-state index in [4.69, 9.17) is 0 Å². The van der Waals surface area contributed by atoms with Gasteiger partial charge in [0.05, 0.1) is 6.54 Å². The van der Waals surface area contributed by atoms with Gasteiger partial charge in [-0.3, -0.25) is 9.59 Å². The van der Waals surface area contributed by atoms with E-state index in [1.807, 2.05) is 45.0 Å². The minimum atomic E-state index is -0.303. The number of amides is 2. The van der Waals surface area contributed by atoms with Crippen LogP contribution in [0.4, 0.5) is 0 Å². The molecule has 1 aromatic heterocycles. The van der Waals surface area contributed by atoms with Crippen molar-refractivity contribution in [3.05, 3.63) is 36.0 Å². The van der Waals surface area contributed by atoms with Crippen molar-refractivity contribution in [1.82, 2.24) is 15.6 Å². The summed E-state index contributed by atoms with van der Waals surface area (Å²) in [6.07, 6.45) is 0. The van der Waals surface area contributed by atoms with Gasteiger partial charge in [0, 0.05) is 16.4 Å². The molecule has 0 radical (unpaired) electrons. The second kappa shape index (κ2) is 5.36. The summed E-state index contributed by atoms with van der Waals surface area (Å²) in [5.74, 6) is -0.493. The molecule has 5 nitrogen and oxygen atoms in total. The molecule has 0 fully saturated rings. The zero-order valence-corrected chi connectivity index (χ0v) is 11.9. The Morgan fingerprint density at radius 1 is 1.20 bits per heavy atom. The smallest absolute Gasteiger partial charge is 0.268 e. The van der Waals surface area contributed by atoms with Gasteiger partial charge in [-0.15, -0.1) is 0 Å². The molecule has 0 aliphatic heterocycles. The second-order valence-electron chi connectivity index (χ2n) is 5.75. The van der Waals surface area contributed by atoms with Crippen molar-refractivity contribution in [3.8, 4) is 0 Å². The predicted molar refractivity (Wildman–Crippen MR) is 78.5 cm³/mol. The summed E-state index contributed by atoms with van der Waals surface area (Å²) >= 11 is 0.